The summed E-state index contributed by atoms with van der Waals surface area (Å²) in [7, 11) is 0. The number of nitrogens with zero attached hydrogens (tertiary/aromatic N) is 1. The summed E-state index contributed by atoms with van der Waals surface area (Å²) in [6.07, 6.45) is 1.02. The Kier molecular flexibility index (Phi) is 3.50. The third kappa shape index (κ3) is 3.47. The monoisotopic (exact) mass is 198 g/mol. The minimum Gasteiger partial charge on any atom is -0.447 e. The van der Waals surface area contributed by atoms with Crippen LogP contribution in [0.3, 0.4) is 0 Å². The van der Waals surface area contributed by atoms with Crippen LogP contribution in [0.1, 0.15) is 25.5 Å². The molecule has 0 aromatic carbocycles. The van der Waals surface area contributed by atoms with E-state index in [1.807, 2.05) is 0 Å². The zero-order chi connectivity index (χ0) is 10.6. The molecule has 0 aliphatic carbocycles. The van der Waals surface area contributed by atoms with Crippen molar-refractivity contribution in [1.82, 2.24) is 10.3 Å². The molecule has 0 radical (unpaired) electrons. The maximum absolute atomic E-state index is 11.0. The number of carbonyl (C=O) groups excluding carboxylic acids is 1. The first-order chi connectivity index (χ1) is 6.58. The molecule has 0 saturated carbocycles. The average molecular weight is 198 g/mol. The topological polar surface area (TPSA) is 64.4 Å². The molecule has 0 spiro atoms. The molecule has 1 N–H and O–H groups in total. The van der Waals surface area contributed by atoms with Crippen LogP contribution in [0.15, 0.2) is 10.6 Å². The molecular weight excluding hydrogens is 184 g/mol. The lowest BCUT2D eigenvalue weighted by Crippen LogP contribution is -2.26. The number of aromatic nitrogens is 1. The predicted octanol–water partition coefficient (Wildman–Crippen LogP) is 1.62. The van der Waals surface area contributed by atoms with E-state index >= 15 is 0 Å². The second-order valence-corrected chi connectivity index (χ2v) is 3.17. The molecule has 0 saturated heterocycles. The zero-order valence-corrected chi connectivity index (χ0v) is 8.53. The van der Waals surface area contributed by atoms with Crippen molar-refractivity contribution in [3.05, 3.63) is 17.8 Å². The number of rotatable bonds is 3. The second kappa shape index (κ2) is 4.64. The normalized spacial score (nSPS) is 10.3. The molecule has 0 bridgehead atoms. The van der Waals surface area contributed by atoms with Crippen molar-refractivity contribution in [2.75, 3.05) is 0 Å². The Hall–Kier alpha value is -1.52. The van der Waals surface area contributed by atoms with Crippen LogP contribution in [0.25, 0.3) is 0 Å². The molecule has 0 aliphatic rings. The Morgan fingerprint density at radius 3 is 2.93 bits per heavy atom. The van der Waals surface area contributed by atoms with Gasteiger partial charge in [-0.1, -0.05) is 0 Å². The molecule has 1 amide bonds. The molecule has 1 aromatic rings. The SMILES string of the molecule is Cc1cnc(CNC(=O)OC(C)C)o1. The molecule has 78 valence electrons. The van der Waals surface area contributed by atoms with Gasteiger partial charge in [0.05, 0.1) is 18.8 Å². The van der Waals surface area contributed by atoms with Crippen LogP contribution in [0.4, 0.5) is 4.79 Å². The molecule has 0 unspecified atom stereocenters. The fourth-order valence-corrected chi connectivity index (χ4v) is 0.887. The Balaban J connectivity index is 2.30. The maximum atomic E-state index is 11.0. The van der Waals surface area contributed by atoms with E-state index in [4.69, 9.17) is 9.15 Å². The van der Waals surface area contributed by atoms with Gasteiger partial charge in [0.15, 0.2) is 0 Å². The quantitative estimate of drug-likeness (QED) is 0.801. The van der Waals surface area contributed by atoms with Crippen molar-refractivity contribution in [2.45, 2.75) is 33.4 Å². The number of aryl methyl sites for hydroxylation is 1. The maximum Gasteiger partial charge on any atom is 0.407 e. The lowest BCUT2D eigenvalue weighted by molar-refractivity contribution is 0.114. The molecule has 5 nitrogen and oxygen atoms in total. The van der Waals surface area contributed by atoms with Gasteiger partial charge in [-0.05, 0) is 20.8 Å². The minimum atomic E-state index is -0.462. The summed E-state index contributed by atoms with van der Waals surface area (Å²) in [5.74, 6) is 1.20. The summed E-state index contributed by atoms with van der Waals surface area (Å²) in [4.78, 5) is 15.0. The van der Waals surface area contributed by atoms with Gasteiger partial charge < -0.3 is 14.5 Å². The fourth-order valence-electron chi connectivity index (χ4n) is 0.887. The zero-order valence-electron chi connectivity index (χ0n) is 8.53. The van der Waals surface area contributed by atoms with Crippen LogP contribution in [0, 0.1) is 6.92 Å². The van der Waals surface area contributed by atoms with Crippen molar-refractivity contribution in [3.8, 4) is 0 Å². The van der Waals surface area contributed by atoms with Crippen LogP contribution >= 0.6 is 0 Å². The van der Waals surface area contributed by atoms with Crippen molar-refractivity contribution >= 4 is 6.09 Å². The number of carbonyl (C=O) groups is 1. The molecule has 1 aromatic heterocycles. The van der Waals surface area contributed by atoms with Gasteiger partial charge in [0, 0.05) is 0 Å². The number of nitrogens with one attached hydrogen (secondary N) is 1. The number of amides is 1. The molecule has 1 heterocycles. The average Bonchev–Trinajstić information content (AvgIpc) is 2.47. The van der Waals surface area contributed by atoms with E-state index in [9.17, 15) is 4.79 Å². The molecule has 1 rings (SSSR count). The highest BCUT2D eigenvalue weighted by Gasteiger charge is 2.06. The van der Waals surface area contributed by atoms with E-state index in [0.29, 0.717) is 5.89 Å². The van der Waals surface area contributed by atoms with E-state index in [1.54, 1.807) is 27.0 Å². The van der Waals surface area contributed by atoms with Crippen LogP contribution in [-0.4, -0.2) is 17.2 Å². The molecule has 14 heavy (non-hydrogen) atoms. The van der Waals surface area contributed by atoms with Crippen LogP contribution in [0.5, 0.6) is 0 Å². The smallest absolute Gasteiger partial charge is 0.407 e. The van der Waals surface area contributed by atoms with Crippen molar-refractivity contribution in [3.63, 3.8) is 0 Å². The highest BCUT2D eigenvalue weighted by molar-refractivity contribution is 5.67. The Morgan fingerprint density at radius 1 is 1.71 bits per heavy atom. The Bertz CT molecular complexity index is 307. The summed E-state index contributed by atoms with van der Waals surface area (Å²) in [5, 5.41) is 2.53. The lowest BCUT2D eigenvalue weighted by Gasteiger charge is -2.07. The van der Waals surface area contributed by atoms with Gasteiger partial charge in [-0.2, -0.15) is 0 Å². The first-order valence-electron chi connectivity index (χ1n) is 4.43. The number of ether oxygens (including phenoxy) is 1. The van der Waals surface area contributed by atoms with Crippen molar-refractivity contribution in [2.24, 2.45) is 0 Å². The number of alkyl carbamates (subject to hydrolysis) is 1. The lowest BCUT2D eigenvalue weighted by atomic mass is 10.5. The number of hydrogen-bond donors (Lipinski definition) is 1. The molecular formula is C9H14N2O3. The van der Waals surface area contributed by atoms with Gasteiger partial charge >= 0.3 is 6.09 Å². The highest BCUT2D eigenvalue weighted by Crippen LogP contribution is 2.00. The first kappa shape index (κ1) is 10.6. The summed E-state index contributed by atoms with van der Waals surface area (Å²) in [6.45, 7) is 5.62. The van der Waals surface area contributed by atoms with E-state index in [0.717, 1.165) is 5.76 Å². The van der Waals surface area contributed by atoms with E-state index in [1.165, 1.54) is 0 Å². The van der Waals surface area contributed by atoms with Gasteiger partial charge in [-0.25, -0.2) is 9.78 Å². The molecule has 5 heteroatoms. The summed E-state index contributed by atoms with van der Waals surface area (Å²) < 4.78 is 10.0. The standard InChI is InChI=1S/C9H14N2O3/c1-6(2)13-9(12)11-5-8-10-4-7(3)14-8/h4,6H,5H2,1-3H3,(H,11,12). The highest BCUT2D eigenvalue weighted by atomic mass is 16.6. The minimum absolute atomic E-state index is 0.124. The first-order valence-corrected chi connectivity index (χ1v) is 4.43. The number of oxazole rings is 1. The van der Waals surface area contributed by atoms with E-state index in [-0.39, 0.29) is 12.6 Å². The fraction of sp³-hybridized carbons (Fsp3) is 0.556. The predicted molar refractivity (Wildman–Crippen MR) is 49.7 cm³/mol. The van der Waals surface area contributed by atoms with Gasteiger partial charge in [-0.15, -0.1) is 0 Å². The molecule has 0 fully saturated rings. The summed E-state index contributed by atoms with van der Waals surface area (Å²) >= 11 is 0. The molecule has 0 atom stereocenters. The van der Waals surface area contributed by atoms with Crippen LogP contribution in [-0.2, 0) is 11.3 Å². The third-order valence-electron chi connectivity index (χ3n) is 1.40. The molecule has 0 aliphatic heterocycles. The third-order valence-corrected chi connectivity index (χ3v) is 1.40. The van der Waals surface area contributed by atoms with E-state index < -0.39 is 6.09 Å². The summed E-state index contributed by atoms with van der Waals surface area (Å²) in [6, 6.07) is 0. The van der Waals surface area contributed by atoms with Gasteiger partial charge in [-0.3, -0.25) is 0 Å². The largest absolute Gasteiger partial charge is 0.447 e. The van der Waals surface area contributed by atoms with Crippen LogP contribution < -0.4 is 5.32 Å². The van der Waals surface area contributed by atoms with Crippen LogP contribution in [0.2, 0.25) is 0 Å². The van der Waals surface area contributed by atoms with Crippen molar-refractivity contribution < 1.29 is 13.9 Å². The summed E-state index contributed by atoms with van der Waals surface area (Å²) in [5.41, 5.74) is 0. The Morgan fingerprint density at radius 2 is 2.43 bits per heavy atom. The van der Waals surface area contributed by atoms with Gasteiger partial charge in [0.2, 0.25) is 5.89 Å². The van der Waals surface area contributed by atoms with E-state index in [2.05, 4.69) is 10.3 Å². The Labute approximate surface area is 82.5 Å². The van der Waals surface area contributed by atoms with Gasteiger partial charge in [0.1, 0.15) is 5.76 Å². The van der Waals surface area contributed by atoms with Gasteiger partial charge in [0.25, 0.3) is 0 Å². The number of hydrogen-bond acceptors (Lipinski definition) is 4. The van der Waals surface area contributed by atoms with Crippen molar-refractivity contribution in [1.29, 1.82) is 0 Å². The second-order valence-electron chi connectivity index (χ2n) is 3.17.